The molecular weight excluding hydrogens is 366 g/mol. The van der Waals surface area contributed by atoms with Crippen LogP contribution in [0.15, 0.2) is 78.4 Å². The van der Waals surface area contributed by atoms with E-state index in [0.717, 1.165) is 22.3 Å². The van der Waals surface area contributed by atoms with Crippen LogP contribution in [0.5, 0.6) is 5.75 Å². The lowest BCUT2D eigenvalue weighted by Gasteiger charge is -2.21. The molecule has 0 atom stereocenters. The number of phenols is 1. The molecule has 0 saturated carbocycles. The zero-order chi connectivity index (χ0) is 20.4. The molecule has 1 N–H and O–H groups in total. The normalized spacial score (nSPS) is 16.1. The molecule has 4 rings (SSSR count). The highest BCUT2D eigenvalue weighted by Crippen LogP contribution is 2.33. The zero-order valence-corrected chi connectivity index (χ0v) is 15.4. The standard InChI is InChI=1S/C24H17NO4/c26-21-11-7-16(8-12-21)13-19-15-18-3-1-2-4-22(18)23(24(19)27)14-17-5-9-20(10-6-17)25(28)29/h1-14,26H,15H2/b19-13+,23-14+. The fourth-order valence-corrected chi connectivity index (χ4v) is 3.41. The molecule has 0 bridgehead atoms. The number of allylic oxidation sites excluding steroid dienone is 2. The molecule has 1 aliphatic carbocycles. The van der Waals surface area contributed by atoms with E-state index >= 15 is 0 Å². The van der Waals surface area contributed by atoms with Crippen molar-refractivity contribution in [3.05, 3.63) is 111 Å². The van der Waals surface area contributed by atoms with Gasteiger partial charge in [-0.1, -0.05) is 36.4 Å². The molecule has 0 aliphatic heterocycles. The van der Waals surface area contributed by atoms with Gasteiger partial charge in [0.1, 0.15) is 5.75 Å². The molecular formula is C24H17NO4. The summed E-state index contributed by atoms with van der Waals surface area (Å²) in [6.07, 6.45) is 4.13. The van der Waals surface area contributed by atoms with Crippen LogP contribution in [-0.4, -0.2) is 15.8 Å². The Kier molecular flexibility index (Phi) is 4.79. The molecule has 142 valence electrons. The van der Waals surface area contributed by atoms with Crippen molar-refractivity contribution in [3.8, 4) is 5.75 Å². The van der Waals surface area contributed by atoms with Gasteiger partial charge in [-0.2, -0.15) is 0 Å². The number of Topliss-reactive ketones (excluding diaryl/α,β-unsaturated/α-hetero) is 1. The Morgan fingerprint density at radius 1 is 0.862 bits per heavy atom. The number of ketones is 1. The van der Waals surface area contributed by atoms with Crippen LogP contribution in [0.3, 0.4) is 0 Å². The van der Waals surface area contributed by atoms with Crippen molar-refractivity contribution in [2.45, 2.75) is 6.42 Å². The van der Waals surface area contributed by atoms with Gasteiger partial charge in [-0.15, -0.1) is 0 Å². The van der Waals surface area contributed by atoms with Gasteiger partial charge in [0, 0.05) is 29.7 Å². The average molecular weight is 383 g/mol. The number of benzene rings is 3. The fourth-order valence-electron chi connectivity index (χ4n) is 3.41. The topological polar surface area (TPSA) is 80.4 Å². The number of carbonyl (C=O) groups is 1. The minimum absolute atomic E-state index is 0.00966. The van der Waals surface area contributed by atoms with Gasteiger partial charge in [0.15, 0.2) is 5.78 Å². The van der Waals surface area contributed by atoms with Crippen molar-refractivity contribution in [2.75, 3.05) is 0 Å². The second kappa shape index (κ2) is 7.56. The predicted octanol–water partition coefficient (Wildman–Crippen LogP) is 5.05. The first kappa shape index (κ1) is 18.4. The number of non-ortho nitro benzene ring substituents is 1. The fraction of sp³-hybridized carbons (Fsp3) is 0.0417. The van der Waals surface area contributed by atoms with Gasteiger partial charge >= 0.3 is 0 Å². The van der Waals surface area contributed by atoms with E-state index in [9.17, 15) is 20.0 Å². The van der Waals surface area contributed by atoms with E-state index in [2.05, 4.69) is 0 Å². The number of nitro groups is 1. The van der Waals surface area contributed by atoms with Crippen molar-refractivity contribution in [1.82, 2.24) is 0 Å². The van der Waals surface area contributed by atoms with E-state index in [1.807, 2.05) is 30.3 Å². The summed E-state index contributed by atoms with van der Waals surface area (Å²) in [4.78, 5) is 23.7. The summed E-state index contributed by atoms with van der Waals surface area (Å²) in [6.45, 7) is 0. The second-order valence-corrected chi connectivity index (χ2v) is 6.83. The summed E-state index contributed by atoms with van der Waals surface area (Å²) in [6, 6.07) is 20.6. The Hall–Kier alpha value is -3.99. The minimum Gasteiger partial charge on any atom is -0.508 e. The van der Waals surface area contributed by atoms with Crippen LogP contribution in [0.1, 0.15) is 22.3 Å². The summed E-state index contributed by atoms with van der Waals surface area (Å²) in [5, 5.41) is 20.3. The van der Waals surface area contributed by atoms with E-state index < -0.39 is 4.92 Å². The van der Waals surface area contributed by atoms with Crippen molar-refractivity contribution >= 4 is 29.2 Å². The third-order valence-electron chi connectivity index (χ3n) is 4.87. The summed E-state index contributed by atoms with van der Waals surface area (Å²) in [5.41, 5.74) is 4.70. The summed E-state index contributed by atoms with van der Waals surface area (Å²) < 4.78 is 0. The first-order valence-electron chi connectivity index (χ1n) is 9.10. The quantitative estimate of drug-likeness (QED) is 0.390. The first-order valence-corrected chi connectivity index (χ1v) is 9.10. The van der Waals surface area contributed by atoms with Gasteiger partial charge in [0.2, 0.25) is 0 Å². The maximum atomic E-state index is 13.2. The molecule has 0 fully saturated rings. The molecule has 5 heteroatoms. The largest absolute Gasteiger partial charge is 0.508 e. The molecule has 0 amide bonds. The Labute approximate surface area is 167 Å². The first-order chi connectivity index (χ1) is 14.0. The summed E-state index contributed by atoms with van der Waals surface area (Å²) in [5.74, 6) is 0.0985. The van der Waals surface area contributed by atoms with Crippen LogP contribution >= 0.6 is 0 Å². The number of aromatic hydroxyl groups is 1. The number of carbonyl (C=O) groups excluding carboxylic acids is 1. The molecule has 29 heavy (non-hydrogen) atoms. The van der Waals surface area contributed by atoms with Crippen molar-refractivity contribution in [1.29, 1.82) is 0 Å². The highest BCUT2D eigenvalue weighted by Gasteiger charge is 2.25. The lowest BCUT2D eigenvalue weighted by Crippen LogP contribution is -2.15. The number of fused-ring (bicyclic) bond motifs is 1. The molecule has 0 spiro atoms. The SMILES string of the molecule is O=C1/C(=C/c2ccc(O)cc2)Cc2ccccc2/C1=C\c1ccc([N+](=O)[O-])cc1. The number of nitrogens with zero attached hydrogens (tertiary/aromatic N) is 1. The van der Waals surface area contributed by atoms with E-state index in [-0.39, 0.29) is 17.2 Å². The number of phenolic OH excluding ortho intramolecular Hbond substituents is 1. The molecule has 3 aromatic rings. The Balaban J connectivity index is 1.78. The zero-order valence-electron chi connectivity index (χ0n) is 15.4. The lowest BCUT2D eigenvalue weighted by atomic mass is 9.81. The average Bonchev–Trinajstić information content (AvgIpc) is 2.73. The third-order valence-corrected chi connectivity index (χ3v) is 4.87. The van der Waals surface area contributed by atoms with Gasteiger partial charge in [-0.05, 0) is 58.7 Å². The Morgan fingerprint density at radius 3 is 2.17 bits per heavy atom. The van der Waals surface area contributed by atoms with Crippen molar-refractivity contribution < 1.29 is 14.8 Å². The van der Waals surface area contributed by atoms with Crippen LogP contribution in [0.25, 0.3) is 17.7 Å². The van der Waals surface area contributed by atoms with Crippen LogP contribution in [0, 0.1) is 10.1 Å². The van der Waals surface area contributed by atoms with Gasteiger partial charge in [-0.3, -0.25) is 14.9 Å². The van der Waals surface area contributed by atoms with E-state index in [1.54, 1.807) is 42.5 Å². The molecule has 5 nitrogen and oxygen atoms in total. The van der Waals surface area contributed by atoms with Crippen molar-refractivity contribution in [2.24, 2.45) is 0 Å². The smallest absolute Gasteiger partial charge is 0.269 e. The molecule has 0 aromatic heterocycles. The predicted molar refractivity (Wildman–Crippen MR) is 112 cm³/mol. The summed E-state index contributed by atoms with van der Waals surface area (Å²) in [7, 11) is 0. The molecule has 1 aliphatic rings. The van der Waals surface area contributed by atoms with Crippen LogP contribution in [0.2, 0.25) is 0 Å². The summed E-state index contributed by atoms with van der Waals surface area (Å²) >= 11 is 0. The van der Waals surface area contributed by atoms with Crippen molar-refractivity contribution in [3.63, 3.8) is 0 Å². The second-order valence-electron chi connectivity index (χ2n) is 6.83. The Morgan fingerprint density at radius 2 is 1.48 bits per heavy atom. The molecule has 0 heterocycles. The lowest BCUT2D eigenvalue weighted by molar-refractivity contribution is -0.384. The maximum Gasteiger partial charge on any atom is 0.269 e. The van der Waals surface area contributed by atoms with Gasteiger partial charge in [-0.25, -0.2) is 0 Å². The molecule has 0 saturated heterocycles. The molecule has 0 unspecified atom stereocenters. The Bertz CT molecular complexity index is 1160. The van der Waals surface area contributed by atoms with E-state index in [4.69, 9.17) is 0 Å². The highest BCUT2D eigenvalue weighted by atomic mass is 16.6. The van der Waals surface area contributed by atoms with E-state index in [1.165, 1.54) is 12.1 Å². The maximum absolute atomic E-state index is 13.2. The number of hydrogen-bond donors (Lipinski definition) is 1. The van der Waals surface area contributed by atoms with Crippen LogP contribution in [0.4, 0.5) is 5.69 Å². The van der Waals surface area contributed by atoms with Crippen LogP contribution < -0.4 is 0 Å². The molecule has 3 aromatic carbocycles. The minimum atomic E-state index is -0.448. The highest BCUT2D eigenvalue weighted by molar-refractivity contribution is 6.35. The van der Waals surface area contributed by atoms with Gasteiger partial charge < -0.3 is 5.11 Å². The number of nitro benzene ring substituents is 1. The van der Waals surface area contributed by atoms with Gasteiger partial charge in [0.05, 0.1) is 4.92 Å². The third kappa shape index (κ3) is 3.84. The number of hydrogen-bond acceptors (Lipinski definition) is 4. The van der Waals surface area contributed by atoms with Gasteiger partial charge in [0.25, 0.3) is 5.69 Å². The number of rotatable bonds is 3. The van der Waals surface area contributed by atoms with Crippen LogP contribution in [-0.2, 0) is 11.2 Å². The molecule has 0 radical (unpaired) electrons. The van der Waals surface area contributed by atoms with E-state index in [0.29, 0.717) is 17.6 Å². The monoisotopic (exact) mass is 383 g/mol.